The van der Waals surface area contributed by atoms with E-state index in [9.17, 15) is 14.0 Å². The maximum absolute atomic E-state index is 13.3. The Morgan fingerprint density at radius 2 is 1.74 bits per heavy atom. The SMILES string of the molecule is Cc1[nH]c2ccccc2c1C(=O)[C@@H](C)[NH+]1CC[NH+](CC(=O)Nc2ccc(F)cc2)CC1. The van der Waals surface area contributed by atoms with E-state index >= 15 is 0 Å². The smallest absolute Gasteiger partial charge is 0.279 e. The van der Waals surface area contributed by atoms with E-state index in [2.05, 4.69) is 10.3 Å². The summed E-state index contributed by atoms with van der Waals surface area (Å²) in [5, 5.41) is 3.80. The summed E-state index contributed by atoms with van der Waals surface area (Å²) in [6, 6.07) is 13.6. The molecule has 0 bridgehead atoms. The molecule has 162 valence electrons. The fourth-order valence-corrected chi connectivity index (χ4v) is 4.50. The van der Waals surface area contributed by atoms with Crippen molar-refractivity contribution in [1.29, 1.82) is 0 Å². The maximum atomic E-state index is 13.3. The molecule has 0 unspecified atom stereocenters. The molecule has 1 amide bonds. The molecule has 0 radical (unpaired) electrons. The number of hydrogen-bond donors (Lipinski definition) is 4. The number of quaternary nitrogens is 2. The Kier molecular flexibility index (Phi) is 6.15. The van der Waals surface area contributed by atoms with Gasteiger partial charge < -0.3 is 20.1 Å². The van der Waals surface area contributed by atoms with Crippen LogP contribution in [0.25, 0.3) is 10.9 Å². The number of Topliss-reactive ketones (excluding diaryl/α,β-unsaturated/α-hetero) is 1. The zero-order chi connectivity index (χ0) is 22.0. The van der Waals surface area contributed by atoms with Gasteiger partial charge in [0.25, 0.3) is 5.91 Å². The van der Waals surface area contributed by atoms with E-state index in [-0.39, 0.29) is 23.5 Å². The Hall–Kier alpha value is -3.03. The largest absolute Gasteiger partial charge is 0.358 e. The Morgan fingerprint density at radius 3 is 2.45 bits per heavy atom. The molecular formula is C24H29FN4O2+2. The van der Waals surface area contributed by atoms with Gasteiger partial charge in [0.15, 0.2) is 6.54 Å². The van der Waals surface area contributed by atoms with Gasteiger partial charge in [0.1, 0.15) is 38.0 Å². The minimum absolute atomic E-state index is 0.0800. The molecule has 4 N–H and O–H groups in total. The van der Waals surface area contributed by atoms with E-state index in [0.29, 0.717) is 12.2 Å². The highest BCUT2D eigenvalue weighted by atomic mass is 19.1. The highest BCUT2D eigenvalue weighted by molar-refractivity contribution is 6.10. The summed E-state index contributed by atoms with van der Waals surface area (Å²) in [6.07, 6.45) is 0. The summed E-state index contributed by atoms with van der Waals surface area (Å²) in [5.41, 5.74) is 3.30. The van der Waals surface area contributed by atoms with Crippen molar-refractivity contribution in [2.24, 2.45) is 0 Å². The van der Waals surface area contributed by atoms with Crippen LogP contribution < -0.4 is 15.1 Å². The molecule has 1 atom stereocenters. The molecule has 1 aliphatic heterocycles. The Morgan fingerprint density at radius 1 is 1.06 bits per heavy atom. The zero-order valence-electron chi connectivity index (χ0n) is 17.9. The maximum Gasteiger partial charge on any atom is 0.279 e. The van der Waals surface area contributed by atoms with Crippen molar-refractivity contribution >= 4 is 28.3 Å². The van der Waals surface area contributed by atoms with E-state index in [4.69, 9.17) is 0 Å². The number of rotatable bonds is 6. The number of carbonyl (C=O) groups excluding carboxylic acids is 2. The number of ketones is 1. The highest BCUT2D eigenvalue weighted by Crippen LogP contribution is 2.22. The summed E-state index contributed by atoms with van der Waals surface area (Å²) in [5.74, 6) is -0.236. The van der Waals surface area contributed by atoms with Crippen molar-refractivity contribution in [3.8, 4) is 0 Å². The fraction of sp³-hybridized carbons (Fsp3) is 0.333. The monoisotopic (exact) mass is 424 g/mol. The van der Waals surface area contributed by atoms with Gasteiger partial charge in [-0.25, -0.2) is 4.39 Å². The summed E-state index contributed by atoms with van der Waals surface area (Å²) in [4.78, 5) is 31.4. The van der Waals surface area contributed by atoms with Crippen LogP contribution in [0.15, 0.2) is 48.5 Å². The number of nitrogens with one attached hydrogen (secondary N) is 4. The molecule has 0 spiro atoms. The third-order valence-corrected chi connectivity index (χ3v) is 6.28. The molecule has 1 aromatic heterocycles. The number of fused-ring (bicyclic) bond motifs is 1. The lowest BCUT2D eigenvalue weighted by atomic mass is 10.0. The van der Waals surface area contributed by atoms with Crippen molar-refractivity contribution in [2.75, 3.05) is 38.0 Å². The topological polar surface area (TPSA) is 70.8 Å². The lowest BCUT2D eigenvalue weighted by Gasteiger charge is -2.32. The van der Waals surface area contributed by atoms with Gasteiger partial charge in [-0.3, -0.25) is 9.59 Å². The molecule has 0 saturated carbocycles. The molecule has 3 aromatic rings. The van der Waals surface area contributed by atoms with E-state index in [0.717, 1.165) is 48.3 Å². The number of benzene rings is 2. The van der Waals surface area contributed by atoms with Crippen molar-refractivity contribution in [3.63, 3.8) is 0 Å². The summed E-state index contributed by atoms with van der Waals surface area (Å²) < 4.78 is 13.0. The molecule has 4 rings (SSSR count). The molecule has 2 aromatic carbocycles. The third kappa shape index (κ3) is 4.68. The van der Waals surface area contributed by atoms with Crippen molar-refractivity contribution in [1.82, 2.24) is 4.98 Å². The van der Waals surface area contributed by atoms with E-state index in [1.807, 2.05) is 38.1 Å². The van der Waals surface area contributed by atoms with Crippen LogP contribution in [0.1, 0.15) is 23.0 Å². The van der Waals surface area contributed by atoms with Crippen LogP contribution in [0.4, 0.5) is 10.1 Å². The van der Waals surface area contributed by atoms with Gasteiger partial charge in [-0.2, -0.15) is 0 Å². The second kappa shape index (κ2) is 8.99. The molecule has 1 aliphatic rings. The summed E-state index contributed by atoms with van der Waals surface area (Å²) >= 11 is 0. The first-order valence-corrected chi connectivity index (χ1v) is 10.8. The standard InChI is InChI=1S/C24H27FN4O2/c1-16-23(20-5-3-4-6-21(20)26-16)24(31)17(2)29-13-11-28(12-14-29)15-22(30)27-19-9-7-18(25)8-10-19/h3-10,17,26H,11-15H2,1-2H3,(H,27,30)/p+2/t17-/m1/s1. The lowest BCUT2D eigenvalue weighted by molar-refractivity contribution is -1.01. The van der Waals surface area contributed by atoms with Crippen LogP contribution in [0.3, 0.4) is 0 Å². The number of amides is 1. The van der Waals surface area contributed by atoms with Gasteiger partial charge >= 0.3 is 0 Å². The predicted octanol–water partition coefficient (Wildman–Crippen LogP) is 0.609. The van der Waals surface area contributed by atoms with Crippen LogP contribution in [0, 0.1) is 12.7 Å². The van der Waals surface area contributed by atoms with E-state index < -0.39 is 0 Å². The molecule has 6 nitrogen and oxygen atoms in total. The number of halogens is 1. The second-order valence-electron chi connectivity index (χ2n) is 8.40. The van der Waals surface area contributed by atoms with Gasteiger partial charge in [0, 0.05) is 22.3 Å². The Bertz CT molecular complexity index is 1080. The van der Waals surface area contributed by atoms with Crippen molar-refractivity contribution < 1.29 is 23.8 Å². The van der Waals surface area contributed by atoms with Crippen molar-refractivity contribution in [2.45, 2.75) is 19.9 Å². The number of para-hydroxylation sites is 1. The quantitative estimate of drug-likeness (QED) is 0.438. The number of H-pyrrole nitrogens is 1. The van der Waals surface area contributed by atoms with Gasteiger partial charge in [0.05, 0.1) is 5.56 Å². The fourth-order valence-electron chi connectivity index (χ4n) is 4.50. The second-order valence-corrected chi connectivity index (χ2v) is 8.40. The number of piperazine rings is 1. The van der Waals surface area contributed by atoms with Gasteiger partial charge in [-0.1, -0.05) is 18.2 Å². The van der Waals surface area contributed by atoms with Crippen LogP contribution >= 0.6 is 0 Å². The average Bonchev–Trinajstić information content (AvgIpc) is 3.10. The highest BCUT2D eigenvalue weighted by Gasteiger charge is 2.33. The van der Waals surface area contributed by atoms with Crippen LogP contribution in [0.5, 0.6) is 0 Å². The number of hydrogen-bond acceptors (Lipinski definition) is 2. The number of carbonyl (C=O) groups is 2. The zero-order valence-corrected chi connectivity index (χ0v) is 17.9. The first kappa shape index (κ1) is 21.2. The number of aromatic amines is 1. The molecule has 1 fully saturated rings. The van der Waals surface area contributed by atoms with E-state index in [1.165, 1.54) is 21.9 Å². The molecule has 2 heterocycles. The number of aryl methyl sites for hydroxylation is 1. The summed E-state index contributed by atoms with van der Waals surface area (Å²) in [6.45, 7) is 7.67. The number of aromatic nitrogens is 1. The first-order chi connectivity index (χ1) is 14.9. The Balaban J connectivity index is 1.32. The van der Waals surface area contributed by atoms with E-state index in [1.54, 1.807) is 12.1 Å². The van der Waals surface area contributed by atoms with Crippen LogP contribution in [-0.4, -0.2) is 55.4 Å². The van der Waals surface area contributed by atoms with Crippen LogP contribution in [-0.2, 0) is 4.79 Å². The van der Waals surface area contributed by atoms with Gasteiger partial charge in [0.2, 0.25) is 5.78 Å². The molecule has 31 heavy (non-hydrogen) atoms. The molecule has 1 saturated heterocycles. The lowest BCUT2D eigenvalue weighted by Crippen LogP contribution is -3.30. The molecular weight excluding hydrogens is 395 g/mol. The number of anilines is 1. The molecule has 0 aliphatic carbocycles. The minimum Gasteiger partial charge on any atom is -0.358 e. The van der Waals surface area contributed by atoms with Gasteiger partial charge in [-0.15, -0.1) is 0 Å². The predicted molar refractivity (Wildman–Crippen MR) is 118 cm³/mol. The third-order valence-electron chi connectivity index (χ3n) is 6.28. The summed E-state index contributed by atoms with van der Waals surface area (Å²) in [7, 11) is 0. The van der Waals surface area contributed by atoms with Crippen molar-refractivity contribution in [3.05, 3.63) is 65.6 Å². The minimum atomic E-state index is -0.325. The average molecular weight is 425 g/mol. The normalized spacial score (nSPS) is 19.8. The van der Waals surface area contributed by atoms with Gasteiger partial charge in [-0.05, 0) is 44.2 Å². The Labute approximate surface area is 181 Å². The molecule has 7 heteroatoms. The first-order valence-electron chi connectivity index (χ1n) is 10.8. The van der Waals surface area contributed by atoms with Crippen LogP contribution in [0.2, 0.25) is 0 Å².